The van der Waals surface area contributed by atoms with E-state index in [1.165, 1.54) is 9.13 Å². The molecule has 1 heterocycles. The third kappa shape index (κ3) is 3.35. The van der Waals surface area contributed by atoms with Crippen LogP contribution in [0.3, 0.4) is 0 Å². The van der Waals surface area contributed by atoms with Gasteiger partial charge in [-0.25, -0.2) is 4.98 Å². The van der Waals surface area contributed by atoms with Crippen LogP contribution in [0.1, 0.15) is 11.3 Å². The van der Waals surface area contributed by atoms with Gasteiger partial charge in [0, 0.05) is 15.3 Å². The Morgan fingerprint density at radius 1 is 1.28 bits per heavy atom. The van der Waals surface area contributed by atoms with Crippen molar-refractivity contribution in [1.82, 2.24) is 4.98 Å². The molecule has 0 aliphatic rings. The van der Waals surface area contributed by atoms with Crippen molar-refractivity contribution in [3.8, 4) is 5.88 Å². The Hall–Kier alpha value is -1.30. The second-order valence-corrected chi connectivity index (χ2v) is 5.23. The molecule has 2 rings (SSSR count). The molecule has 3 nitrogen and oxygen atoms in total. The molecule has 0 fully saturated rings. The van der Waals surface area contributed by atoms with Gasteiger partial charge in [0.05, 0.1) is 19.3 Å². The summed E-state index contributed by atoms with van der Waals surface area (Å²) in [5.41, 5.74) is 3.34. The number of ether oxygens (including phenoxy) is 1. The first-order valence-corrected chi connectivity index (χ1v) is 6.77. The van der Waals surface area contributed by atoms with Crippen molar-refractivity contribution in [3.63, 3.8) is 0 Å². The highest BCUT2D eigenvalue weighted by Gasteiger charge is 2.01. The van der Waals surface area contributed by atoms with Crippen molar-refractivity contribution in [2.45, 2.75) is 13.5 Å². The number of nitrogens with zero attached hydrogens (tertiary/aromatic N) is 1. The summed E-state index contributed by atoms with van der Waals surface area (Å²) in [4.78, 5) is 4.37. The number of aryl methyl sites for hydroxylation is 1. The van der Waals surface area contributed by atoms with Gasteiger partial charge in [0.15, 0.2) is 0 Å². The van der Waals surface area contributed by atoms with Crippen LogP contribution in [0, 0.1) is 10.5 Å². The Kier molecular flexibility index (Phi) is 4.41. The van der Waals surface area contributed by atoms with Gasteiger partial charge in [0.25, 0.3) is 0 Å². The highest BCUT2D eigenvalue weighted by atomic mass is 127. The van der Waals surface area contributed by atoms with E-state index in [1.54, 1.807) is 7.11 Å². The number of anilines is 1. The number of methoxy groups -OCH3 is 1. The molecule has 0 aliphatic carbocycles. The molecule has 1 N–H and O–H groups in total. The van der Waals surface area contributed by atoms with Crippen molar-refractivity contribution in [2.24, 2.45) is 0 Å². The molecule has 2 aromatic rings. The first-order valence-electron chi connectivity index (χ1n) is 5.69. The molecule has 1 aromatic heterocycles. The number of pyridine rings is 1. The lowest BCUT2D eigenvalue weighted by Crippen LogP contribution is -2.03. The van der Waals surface area contributed by atoms with E-state index in [0.29, 0.717) is 12.4 Å². The molecule has 0 unspecified atom stereocenters. The molecule has 94 valence electrons. The summed E-state index contributed by atoms with van der Waals surface area (Å²) < 4.78 is 6.35. The Morgan fingerprint density at radius 3 is 2.83 bits per heavy atom. The summed E-state index contributed by atoms with van der Waals surface area (Å²) in [5.74, 6) is 0.647. The Morgan fingerprint density at radius 2 is 2.11 bits per heavy atom. The number of rotatable bonds is 4. The molecule has 0 atom stereocenters. The predicted octanol–water partition coefficient (Wildman–Crippen LogP) is 3.62. The molecule has 0 saturated heterocycles. The lowest BCUT2D eigenvalue weighted by Gasteiger charge is -2.10. The molecule has 0 aliphatic heterocycles. The van der Waals surface area contributed by atoms with E-state index in [9.17, 15) is 0 Å². The van der Waals surface area contributed by atoms with Crippen molar-refractivity contribution >= 4 is 28.3 Å². The fraction of sp³-hybridized carbons (Fsp3) is 0.214. The van der Waals surface area contributed by atoms with Gasteiger partial charge in [0.2, 0.25) is 5.88 Å². The summed E-state index contributed by atoms with van der Waals surface area (Å²) in [6, 6.07) is 12.1. The third-order valence-corrected chi connectivity index (χ3v) is 3.31. The maximum atomic E-state index is 5.11. The molecule has 0 spiro atoms. The zero-order chi connectivity index (χ0) is 13.0. The number of hydrogen-bond acceptors (Lipinski definition) is 3. The SMILES string of the molecule is COc1cccc(CNc2ccc(I)cc2C)n1. The van der Waals surface area contributed by atoms with Crippen molar-refractivity contribution < 1.29 is 4.74 Å². The average Bonchev–Trinajstić information content (AvgIpc) is 2.38. The summed E-state index contributed by atoms with van der Waals surface area (Å²) in [7, 11) is 1.63. The zero-order valence-electron chi connectivity index (χ0n) is 10.4. The van der Waals surface area contributed by atoms with E-state index < -0.39 is 0 Å². The van der Waals surface area contributed by atoms with Gasteiger partial charge in [-0.3, -0.25) is 0 Å². The Labute approximate surface area is 121 Å². The Balaban J connectivity index is 2.06. The average molecular weight is 354 g/mol. The zero-order valence-corrected chi connectivity index (χ0v) is 12.6. The second kappa shape index (κ2) is 6.04. The second-order valence-electron chi connectivity index (χ2n) is 3.98. The van der Waals surface area contributed by atoms with Crippen LogP contribution in [0.5, 0.6) is 5.88 Å². The van der Waals surface area contributed by atoms with E-state index in [2.05, 4.69) is 58.0 Å². The van der Waals surface area contributed by atoms with Crippen LogP contribution >= 0.6 is 22.6 Å². The Bertz CT molecular complexity index is 543. The van der Waals surface area contributed by atoms with Crippen molar-refractivity contribution in [3.05, 3.63) is 51.2 Å². The number of hydrogen-bond donors (Lipinski definition) is 1. The molecule has 18 heavy (non-hydrogen) atoms. The van der Waals surface area contributed by atoms with Crippen LogP contribution in [-0.4, -0.2) is 12.1 Å². The monoisotopic (exact) mass is 354 g/mol. The van der Waals surface area contributed by atoms with Gasteiger partial charge in [-0.05, 0) is 59.3 Å². The molecule has 0 saturated carbocycles. The standard InChI is InChI=1S/C14H15IN2O/c1-10-8-11(15)6-7-13(10)16-9-12-4-3-5-14(17-12)18-2/h3-8,16H,9H2,1-2H3. The minimum Gasteiger partial charge on any atom is -0.481 e. The lowest BCUT2D eigenvalue weighted by molar-refractivity contribution is 0.396. The van der Waals surface area contributed by atoms with Crippen LogP contribution in [-0.2, 0) is 6.54 Å². The van der Waals surface area contributed by atoms with Crippen LogP contribution in [0.15, 0.2) is 36.4 Å². The minimum atomic E-state index is 0.647. The van der Waals surface area contributed by atoms with E-state index in [0.717, 1.165) is 11.4 Å². The predicted molar refractivity (Wildman–Crippen MR) is 82.0 cm³/mol. The molecule has 0 bridgehead atoms. The van der Waals surface area contributed by atoms with Gasteiger partial charge < -0.3 is 10.1 Å². The molecule has 0 radical (unpaired) electrons. The van der Waals surface area contributed by atoms with Gasteiger partial charge >= 0.3 is 0 Å². The first-order chi connectivity index (χ1) is 8.69. The smallest absolute Gasteiger partial charge is 0.213 e. The number of nitrogens with one attached hydrogen (secondary N) is 1. The van der Waals surface area contributed by atoms with Crippen LogP contribution in [0.4, 0.5) is 5.69 Å². The highest BCUT2D eigenvalue weighted by Crippen LogP contribution is 2.18. The van der Waals surface area contributed by atoms with E-state index >= 15 is 0 Å². The quantitative estimate of drug-likeness (QED) is 0.852. The van der Waals surface area contributed by atoms with E-state index in [1.807, 2.05) is 18.2 Å². The number of halogens is 1. The van der Waals surface area contributed by atoms with Crippen LogP contribution < -0.4 is 10.1 Å². The lowest BCUT2D eigenvalue weighted by atomic mass is 10.2. The third-order valence-electron chi connectivity index (χ3n) is 2.64. The molecular weight excluding hydrogens is 339 g/mol. The minimum absolute atomic E-state index is 0.647. The molecule has 0 amide bonds. The van der Waals surface area contributed by atoms with Gasteiger partial charge in [0.1, 0.15) is 0 Å². The molecule has 1 aromatic carbocycles. The van der Waals surface area contributed by atoms with Gasteiger partial charge in [-0.1, -0.05) is 6.07 Å². The van der Waals surface area contributed by atoms with Crippen LogP contribution in [0.2, 0.25) is 0 Å². The first kappa shape index (κ1) is 13.1. The summed E-state index contributed by atoms with van der Waals surface area (Å²) in [5, 5.41) is 3.39. The number of benzene rings is 1. The fourth-order valence-electron chi connectivity index (χ4n) is 1.68. The normalized spacial score (nSPS) is 10.2. The van der Waals surface area contributed by atoms with Gasteiger partial charge in [-0.2, -0.15) is 0 Å². The highest BCUT2D eigenvalue weighted by molar-refractivity contribution is 14.1. The molecular formula is C14H15IN2O. The summed E-state index contributed by atoms with van der Waals surface area (Å²) in [6.07, 6.45) is 0. The fourth-order valence-corrected chi connectivity index (χ4v) is 2.33. The van der Waals surface area contributed by atoms with Crippen molar-refractivity contribution in [1.29, 1.82) is 0 Å². The topological polar surface area (TPSA) is 34.1 Å². The maximum Gasteiger partial charge on any atom is 0.213 e. The van der Waals surface area contributed by atoms with Crippen molar-refractivity contribution in [2.75, 3.05) is 12.4 Å². The van der Waals surface area contributed by atoms with Crippen LogP contribution in [0.25, 0.3) is 0 Å². The van der Waals surface area contributed by atoms with Gasteiger partial charge in [-0.15, -0.1) is 0 Å². The van der Waals surface area contributed by atoms with E-state index in [-0.39, 0.29) is 0 Å². The van der Waals surface area contributed by atoms with E-state index in [4.69, 9.17) is 4.74 Å². The summed E-state index contributed by atoms with van der Waals surface area (Å²) >= 11 is 2.31. The molecule has 4 heteroatoms. The number of aromatic nitrogens is 1. The summed E-state index contributed by atoms with van der Waals surface area (Å²) in [6.45, 7) is 2.79. The largest absolute Gasteiger partial charge is 0.481 e. The maximum absolute atomic E-state index is 5.11.